The van der Waals surface area contributed by atoms with Crippen LogP contribution >= 0.6 is 0 Å². The van der Waals surface area contributed by atoms with E-state index in [9.17, 15) is 19.5 Å². The quantitative estimate of drug-likeness (QED) is 0.526. The van der Waals surface area contributed by atoms with Gasteiger partial charge in [-0.3, -0.25) is 9.59 Å². The molecule has 8 nitrogen and oxygen atoms in total. The molecule has 0 saturated carbocycles. The number of aliphatic carboxylic acids is 1. The fraction of sp³-hybridized carbons (Fsp3) is 0.500. The Kier molecular flexibility index (Phi) is 8.97. The summed E-state index contributed by atoms with van der Waals surface area (Å²) in [5, 5.41) is 26.2. The number of fused-ring (bicyclic) bond motifs is 1. The van der Waals surface area contributed by atoms with E-state index in [4.69, 9.17) is 10.0 Å². The third kappa shape index (κ3) is 6.69. The van der Waals surface area contributed by atoms with Crippen LogP contribution in [0.5, 0.6) is 0 Å². The van der Waals surface area contributed by atoms with Gasteiger partial charge < -0.3 is 25.4 Å². The van der Waals surface area contributed by atoms with Crippen LogP contribution in [0.3, 0.4) is 0 Å². The molecule has 2 amide bonds. The second-order valence-corrected chi connectivity index (χ2v) is 6.81. The van der Waals surface area contributed by atoms with Gasteiger partial charge in [-0.05, 0) is 23.5 Å². The van der Waals surface area contributed by atoms with Crippen molar-refractivity contribution in [1.82, 2.24) is 10.2 Å². The lowest BCUT2D eigenvalue weighted by atomic mass is 9.93. The first-order valence-electron chi connectivity index (χ1n) is 8.80. The van der Waals surface area contributed by atoms with Crippen LogP contribution in [0, 0.1) is 5.92 Å². The van der Waals surface area contributed by atoms with E-state index in [0.29, 0.717) is 19.4 Å². The molecule has 1 aromatic rings. The maximum atomic E-state index is 12.7. The molecule has 148 valence electrons. The van der Waals surface area contributed by atoms with Gasteiger partial charge in [0.15, 0.2) is 0 Å². The van der Waals surface area contributed by atoms with Crippen molar-refractivity contribution in [2.45, 2.75) is 52.2 Å². The first-order chi connectivity index (χ1) is 12.7. The zero-order valence-electron chi connectivity index (χ0n) is 15.9. The van der Waals surface area contributed by atoms with Crippen molar-refractivity contribution < 1.29 is 29.5 Å². The molecule has 1 heterocycles. The molecule has 9 heteroatoms. The summed E-state index contributed by atoms with van der Waals surface area (Å²) < 4.78 is 0. The number of nitrogens with zero attached hydrogens (tertiary/aromatic N) is 1. The average Bonchev–Trinajstić information content (AvgIpc) is 2.60. The Bertz CT molecular complexity index is 667. The summed E-state index contributed by atoms with van der Waals surface area (Å²) >= 11 is 0. The molecule has 0 aliphatic carbocycles. The summed E-state index contributed by atoms with van der Waals surface area (Å²) in [5.74, 6) is -1.52. The van der Waals surface area contributed by atoms with E-state index in [1.807, 2.05) is 38.1 Å². The van der Waals surface area contributed by atoms with Gasteiger partial charge in [-0.2, -0.15) is 0 Å². The number of rotatable bonds is 5. The van der Waals surface area contributed by atoms with Crippen molar-refractivity contribution >= 4 is 25.5 Å². The highest BCUT2D eigenvalue weighted by Gasteiger charge is 2.34. The number of carbonyl (C=O) groups excluding carboxylic acids is 2. The second-order valence-electron chi connectivity index (χ2n) is 6.81. The lowest BCUT2D eigenvalue weighted by Crippen LogP contribution is -2.55. The third-order valence-electron chi connectivity index (χ3n) is 4.28. The first-order valence-corrected chi connectivity index (χ1v) is 8.80. The summed E-state index contributed by atoms with van der Waals surface area (Å²) in [6, 6.07) is 6.07. The van der Waals surface area contributed by atoms with E-state index in [1.54, 1.807) is 0 Å². The average molecular weight is 378 g/mol. The number of carboxylic acids is 1. The van der Waals surface area contributed by atoms with Crippen LogP contribution < -0.4 is 5.32 Å². The summed E-state index contributed by atoms with van der Waals surface area (Å²) in [4.78, 5) is 37.5. The van der Waals surface area contributed by atoms with Gasteiger partial charge in [-0.1, -0.05) is 38.1 Å². The van der Waals surface area contributed by atoms with Gasteiger partial charge in [0.05, 0.1) is 0 Å². The monoisotopic (exact) mass is 378 g/mol. The number of hydrogen-bond acceptors (Lipinski definition) is 5. The molecule has 0 radical (unpaired) electrons. The summed E-state index contributed by atoms with van der Waals surface area (Å²) in [6.07, 6.45) is 0.750. The zero-order chi connectivity index (χ0) is 20.6. The van der Waals surface area contributed by atoms with Crippen molar-refractivity contribution in [1.29, 1.82) is 0 Å². The van der Waals surface area contributed by atoms with Gasteiger partial charge in [0.2, 0.25) is 11.8 Å². The van der Waals surface area contributed by atoms with Crippen molar-refractivity contribution in [3.8, 4) is 0 Å². The molecule has 1 aliphatic heterocycles. The van der Waals surface area contributed by atoms with Gasteiger partial charge in [0.25, 0.3) is 0 Å². The molecule has 4 N–H and O–H groups in total. The minimum atomic E-state index is -1.05. The summed E-state index contributed by atoms with van der Waals surface area (Å²) in [6.45, 7) is 5.60. The van der Waals surface area contributed by atoms with E-state index in [-0.39, 0.29) is 11.8 Å². The van der Waals surface area contributed by atoms with Crippen LogP contribution in [0.1, 0.15) is 38.3 Å². The van der Waals surface area contributed by atoms with E-state index < -0.39 is 31.6 Å². The number of nitrogens with one attached hydrogen (secondary N) is 1. The van der Waals surface area contributed by atoms with Crippen LogP contribution in [0.25, 0.3) is 0 Å². The second kappa shape index (κ2) is 10.7. The third-order valence-corrected chi connectivity index (χ3v) is 4.28. The maximum absolute atomic E-state index is 12.7. The highest BCUT2D eigenvalue weighted by atomic mass is 16.4. The highest BCUT2D eigenvalue weighted by Crippen LogP contribution is 2.23. The van der Waals surface area contributed by atoms with Gasteiger partial charge in [-0.25, -0.2) is 4.79 Å². The SMILES string of the molecule is CC(=O)N1Cc2ccccc2CC1C(=O)NC(CC(C)C)C(=O)O.OBO. The normalized spacial score (nSPS) is 16.5. The number of hydrogen-bond donors (Lipinski definition) is 4. The predicted molar refractivity (Wildman–Crippen MR) is 101 cm³/mol. The molecule has 0 spiro atoms. The Hall–Kier alpha value is -2.39. The van der Waals surface area contributed by atoms with Crippen molar-refractivity contribution in [3.05, 3.63) is 35.4 Å². The lowest BCUT2D eigenvalue weighted by molar-refractivity contribution is -0.145. The minimum Gasteiger partial charge on any atom is -0.480 e. The fourth-order valence-electron chi connectivity index (χ4n) is 3.05. The van der Waals surface area contributed by atoms with E-state index in [2.05, 4.69) is 5.32 Å². The van der Waals surface area contributed by atoms with Gasteiger partial charge >= 0.3 is 13.7 Å². The molecule has 2 unspecified atom stereocenters. The highest BCUT2D eigenvalue weighted by molar-refractivity contribution is 6.13. The first kappa shape index (κ1) is 22.7. The number of benzene rings is 1. The largest absolute Gasteiger partial charge is 0.480 e. The van der Waals surface area contributed by atoms with Crippen molar-refractivity contribution in [3.63, 3.8) is 0 Å². The Balaban J connectivity index is 0.00000114. The van der Waals surface area contributed by atoms with Crippen LogP contribution in [0.2, 0.25) is 0 Å². The Morgan fingerprint density at radius 2 is 1.78 bits per heavy atom. The standard InChI is InChI=1S/C18H24N2O4.BH3O2/c1-11(2)8-15(18(23)24)19-17(22)16-9-13-6-4-5-7-14(13)10-20(16)12(3)21;2-1-3/h4-7,11,15-16H,8-10H2,1-3H3,(H,19,22)(H,23,24);1-3H. The number of carbonyl (C=O) groups is 3. The van der Waals surface area contributed by atoms with Crippen LogP contribution in [0.4, 0.5) is 0 Å². The molecule has 27 heavy (non-hydrogen) atoms. The van der Waals surface area contributed by atoms with Gasteiger partial charge in [0.1, 0.15) is 12.1 Å². The zero-order valence-corrected chi connectivity index (χ0v) is 15.9. The summed E-state index contributed by atoms with van der Waals surface area (Å²) in [7, 11) is -0.750. The Morgan fingerprint density at radius 1 is 1.22 bits per heavy atom. The van der Waals surface area contributed by atoms with Crippen molar-refractivity contribution in [2.75, 3.05) is 0 Å². The molecule has 0 fully saturated rings. The van der Waals surface area contributed by atoms with Crippen LogP contribution in [0.15, 0.2) is 24.3 Å². The molecule has 2 atom stereocenters. The predicted octanol–water partition coefficient (Wildman–Crippen LogP) is -0.187. The summed E-state index contributed by atoms with van der Waals surface area (Å²) in [5.41, 5.74) is 2.04. The Morgan fingerprint density at radius 3 is 2.26 bits per heavy atom. The number of carboxylic acid groups (broad SMARTS) is 1. The van der Waals surface area contributed by atoms with Gasteiger partial charge in [0, 0.05) is 19.9 Å². The van der Waals surface area contributed by atoms with Crippen molar-refractivity contribution in [2.24, 2.45) is 5.92 Å². The number of amides is 2. The maximum Gasteiger partial charge on any atom is 0.432 e. The lowest BCUT2D eigenvalue weighted by Gasteiger charge is -2.36. The van der Waals surface area contributed by atoms with Crippen LogP contribution in [-0.2, 0) is 27.3 Å². The minimum absolute atomic E-state index is 0.141. The Labute approximate surface area is 159 Å². The molecular weight excluding hydrogens is 351 g/mol. The molecule has 0 bridgehead atoms. The van der Waals surface area contributed by atoms with Crippen LogP contribution in [-0.4, -0.2) is 57.6 Å². The molecule has 2 rings (SSSR count). The molecule has 1 aliphatic rings. The van der Waals surface area contributed by atoms with E-state index >= 15 is 0 Å². The fourth-order valence-corrected chi connectivity index (χ4v) is 3.05. The molecule has 0 saturated heterocycles. The van der Waals surface area contributed by atoms with E-state index in [0.717, 1.165) is 11.1 Å². The van der Waals surface area contributed by atoms with E-state index in [1.165, 1.54) is 11.8 Å². The smallest absolute Gasteiger partial charge is 0.432 e. The van der Waals surface area contributed by atoms with Gasteiger partial charge in [-0.15, -0.1) is 0 Å². The topological polar surface area (TPSA) is 127 Å². The molecule has 1 aromatic carbocycles. The molecular formula is C18H27BN2O6. The molecule has 0 aromatic heterocycles.